The zero-order valence-corrected chi connectivity index (χ0v) is 13.7. The van der Waals surface area contributed by atoms with Crippen LogP contribution in [0.2, 0.25) is 0 Å². The third kappa shape index (κ3) is 2.28. The summed E-state index contributed by atoms with van der Waals surface area (Å²) in [5, 5.41) is 2.59. The molecule has 0 bridgehead atoms. The van der Waals surface area contributed by atoms with Gasteiger partial charge in [0.1, 0.15) is 5.58 Å². The minimum absolute atomic E-state index is 0.163. The zero-order valence-electron chi connectivity index (χ0n) is 20.7. The Balaban J connectivity index is 1.74. The number of hydrogen-bond acceptors (Lipinski definition) is 3. The van der Waals surface area contributed by atoms with Crippen LogP contribution in [0, 0.1) is 0 Å². The van der Waals surface area contributed by atoms with Crippen molar-refractivity contribution in [3.63, 3.8) is 0 Å². The van der Waals surface area contributed by atoms with Crippen LogP contribution >= 0.6 is 0 Å². The summed E-state index contributed by atoms with van der Waals surface area (Å²) in [6.07, 6.45) is 1.32. The van der Waals surface area contributed by atoms with Gasteiger partial charge in [0.2, 0.25) is 5.71 Å². The van der Waals surface area contributed by atoms with Crippen molar-refractivity contribution in [2.24, 2.45) is 0 Å². The lowest BCUT2D eigenvalue weighted by atomic mass is 10.0. The van der Waals surface area contributed by atoms with Crippen LogP contribution in [0.4, 0.5) is 0 Å². The third-order valence-corrected chi connectivity index (χ3v) is 4.52. The number of nitrogens with zero attached hydrogens (tertiary/aromatic N) is 2. The highest BCUT2D eigenvalue weighted by Gasteiger charge is 2.15. The molecule has 0 radical (unpaired) electrons. The lowest BCUT2D eigenvalue weighted by Crippen LogP contribution is -1.90. The Hall–Kier alpha value is -3.20. The Morgan fingerprint density at radius 2 is 1.92 bits per heavy atom. The van der Waals surface area contributed by atoms with Crippen LogP contribution in [-0.2, 0) is 0 Å². The number of pyridine rings is 2. The highest BCUT2D eigenvalue weighted by molar-refractivity contribution is 6.10. The maximum atomic E-state index is 8.47. The van der Waals surface area contributed by atoms with Crippen molar-refractivity contribution in [2.45, 2.75) is 19.6 Å². The molecule has 0 aliphatic carbocycles. The third-order valence-electron chi connectivity index (χ3n) is 4.52. The standard InChI is InChI=1S/C23H18N2O/c1-14(2)15-10-11-24-21(13-15)18-8-5-7-17-19-12-16-6-3-4-9-20(16)25-23(19)26-22(17)18/h3-14H,1-2H3/i1D3,2D3,14D. The quantitative estimate of drug-likeness (QED) is 0.376. The fourth-order valence-electron chi connectivity index (χ4n) is 3.26. The molecule has 0 fully saturated rings. The lowest BCUT2D eigenvalue weighted by molar-refractivity contribution is 0.657. The van der Waals surface area contributed by atoms with Crippen molar-refractivity contribution < 1.29 is 14.0 Å². The van der Waals surface area contributed by atoms with Gasteiger partial charge in [-0.25, -0.2) is 4.98 Å². The Labute approximate surface area is 161 Å². The van der Waals surface area contributed by atoms with Crippen LogP contribution in [0.15, 0.2) is 71.3 Å². The van der Waals surface area contributed by atoms with E-state index in [4.69, 9.17) is 14.0 Å². The highest BCUT2D eigenvalue weighted by Crippen LogP contribution is 2.36. The monoisotopic (exact) mass is 345 g/mol. The zero-order chi connectivity index (χ0) is 23.6. The topological polar surface area (TPSA) is 38.9 Å². The van der Waals surface area contributed by atoms with E-state index in [9.17, 15) is 0 Å². The van der Waals surface area contributed by atoms with Crippen LogP contribution in [-0.4, -0.2) is 9.97 Å². The minimum atomic E-state index is -3.08. The molecule has 0 N–H and O–H groups in total. The van der Waals surface area contributed by atoms with E-state index in [0.717, 1.165) is 21.7 Å². The van der Waals surface area contributed by atoms with Crippen molar-refractivity contribution in [1.82, 2.24) is 9.97 Å². The molecule has 0 atom stereocenters. The van der Waals surface area contributed by atoms with E-state index >= 15 is 0 Å². The summed E-state index contributed by atoms with van der Waals surface area (Å²) >= 11 is 0. The number of fused-ring (bicyclic) bond motifs is 4. The Kier molecular flexibility index (Phi) is 2.07. The maximum Gasteiger partial charge on any atom is 0.227 e. The molecule has 3 nitrogen and oxygen atoms in total. The van der Waals surface area contributed by atoms with Gasteiger partial charge in [-0.1, -0.05) is 44.0 Å². The SMILES string of the molecule is [2H]C([2H])([2H])C([2H])(c1ccnc(-c2cccc3c2oc2nc4ccccc4cc23)c1)C([2H])([2H])[2H]. The van der Waals surface area contributed by atoms with E-state index in [-0.39, 0.29) is 5.56 Å². The Morgan fingerprint density at radius 3 is 2.85 bits per heavy atom. The molecule has 2 aromatic carbocycles. The van der Waals surface area contributed by atoms with Gasteiger partial charge in [-0.05, 0) is 41.8 Å². The van der Waals surface area contributed by atoms with Gasteiger partial charge < -0.3 is 4.42 Å². The van der Waals surface area contributed by atoms with Gasteiger partial charge in [0.05, 0.1) is 11.2 Å². The first kappa shape index (κ1) is 9.48. The predicted octanol–water partition coefficient (Wildman–Crippen LogP) is 6.32. The number of aromatic nitrogens is 2. The van der Waals surface area contributed by atoms with Gasteiger partial charge in [0.25, 0.3) is 0 Å². The van der Waals surface area contributed by atoms with Crippen molar-refractivity contribution in [1.29, 1.82) is 0 Å². The summed E-state index contributed by atoms with van der Waals surface area (Å²) in [6, 6.07) is 17.8. The lowest BCUT2D eigenvalue weighted by Gasteiger charge is -2.07. The van der Waals surface area contributed by atoms with Crippen LogP contribution in [0.1, 0.15) is 34.8 Å². The first-order valence-electron chi connectivity index (χ1n) is 11.7. The Bertz CT molecular complexity index is 1500. The fraction of sp³-hybridized carbons (Fsp3) is 0.130. The molecule has 0 unspecified atom stereocenters. The molecular weight excluding hydrogens is 320 g/mol. The van der Waals surface area contributed by atoms with Gasteiger partial charge in [-0.2, -0.15) is 0 Å². The normalized spacial score (nSPS) is 17.2. The molecule has 3 aromatic heterocycles. The molecule has 0 aliphatic rings. The molecule has 126 valence electrons. The molecule has 0 aliphatic heterocycles. The summed E-state index contributed by atoms with van der Waals surface area (Å²) in [6.45, 7) is -6.15. The first-order valence-corrected chi connectivity index (χ1v) is 8.19. The number of para-hydroxylation sites is 2. The second-order valence-corrected chi connectivity index (χ2v) is 6.12. The van der Waals surface area contributed by atoms with Crippen molar-refractivity contribution in [3.8, 4) is 11.3 Å². The second-order valence-electron chi connectivity index (χ2n) is 6.12. The molecule has 0 spiro atoms. The second kappa shape index (κ2) is 5.67. The molecule has 5 aromatic rings. The number of benzene rings is 2. The van der Waals surface area contributed by atoms with Crippen molar-refractivity contribution >= 4 is 33.0 Å². The van der Waals surface area contributed by atoms with E-state index in [1.807, 2.05) is 42.5 Å². The van der Waals surface area contributed by atoms with E-state index in [2.05, 4.69) is 9.97 Å². The minimum Gasteiger partial charge on any atom is -0.437 e. The van der Waals surface area contributed by atoms with Crippen molar-refractivity contribution in [2.75, 3.05) is 0 Å². The maximum absolute atomic E-state index is 8.47. The van der Waals surface area contributed by atoms with E-state index < -0.39 is 19.6 Å². The van der Waals surface area contributed by atoms with E-state index in [1.54, 1.807) is 6.07 Å². The van der Waals surface area contributed by atoms with Crippen LogP contribution in [0.3, 0.4) is 0 Å². The summed E-state index contributed by atoms with van der Waals surface area (Å²) in [5.74, 6) is -2.81. The molecule has 5 rings (SSSR count). The first-order chi connectivity index (χ1) is 15.5. The average molecular weight is 345 g/mol. The van der Waals surface area contributed by atoms with Gasteiger partial charge in [0, 0.05) is 37.5 Å². The predicted molar refractivity (Wildman–Crippen MR) is 106 cm³/mol. The molecule has 0 amide bonds. The number of hydrogen-bond donors (Lipinski definition) is 0. The summed E-state index contributed by atoms with van der Waals surface area (Å²) in [7, 11) is 0. The highest BCUT2D eigenvalue weighted by atomic mass is 16.3. The molecule has 0 saturated carbocycles. The van der Waals surface area contributed by atoms with Crippen LogP contribution in [0.25, 0.3) is 44.2 Å². The summed E-state index contributed by atoms with van der Waals surface area (Å²) in [5.41, 5.74) is 2.44. The smallest absolute Gasteiger partial charge is 0.227 e. The Morgan fingerprint density at radius 1 is 1.00 bits per heavy atom. The van der Waals surface area contributed by atoms with Gasteiger partial charge in [-0.15, -0.1) is 0 Å². The largest absolute Gasteiger partial charge is 0.437 e. The average Bonchev–Trinajstić information content (AvgIpc) is 3.13. The molecule has 3 heteroatoms. The van der Waals surface area contributed by atoms with Gasteiger partial charge in [0.15, 0.2) is 0 Å². The van der Waals surface area contributed by atoms with Crippen LogP contribution in [0.5, 0.6) is 0 Å². The summed E-state index contributed by atoms with van der Waals surface area (Å²) in [4.78, 5) is 8.94. The summed E-state index contributed by atoms with van der Waals surface area (Å²) < 4.78 is 61.2. The fourth-order valence-corrected chi connectivity index (χ4v) is 3.26. The molecular formula is C23H18N2O. The van der Waals surface area contributed by atoms with Crippen molar-refractivity contribution in [3.05, 3.63) is 72.4 Å². The number of rotatable bonds is 2. The van der Waals surface area contributed by atoms with Gasteiger partial charge in [-0.3, -0.25) is 4.98 Å². The van der Waals surface area contributed by atoms with E-state index in [1.165, 1.54) is 18.3 Å². The molecule has 0 saturated heterocycles. The van der Waals surface area contributed by atoms with Gasteiger partial charge >= 0.3 is 0 Å². The van der Waals surface area contributed by atoms with Crippen LogP contribution < -0.4 is 0 Å². The number of furan rings is 1. The molecule has 3 heterocycles. The van der Waals surface area contributed by atoms with E-state index in [0.29, 0.717) is 22.6 Å². The molecule has 26 heavy (non-hydrogen) atoms.